The van der Waals surface area contributed by atoms with E-state index < -0.39 is 0 Å². The molecule has 1 fully saturated rings. The van der Waals surface area contributed by atoms with Crippen LogP contribution in [0.1, 0.15) is 18.4 Å². The zero-order valence-electron chi connectivity index (χ0n) is 18.8. The van der Waals surface area contributed by atoms with Crippen molar-refractivity contribution in [2.75, 3.05) is 46.3 Å². The zero-order chi connectivity index (χ0) is 22.9. The molecule has 0 aromatic heterocycles. The maximum Gasteiger partial charge on any atom is 0.238 e. The second-order valence-corrected chi connectivity index (χ2v) is 7.69. The lowest BCUT2D eigenvalue weighted by Gasteiger charge is -2.30. The van der Waals surface area contributed by atoms with E-state index in [2.05, 4.69) is 15.5 Å². The molecule has 3 rings (SSSR count). The van der Waals surface area contributed by atoms with Gasteiger partial charge in [0, 0.05) is 24.1 Å². The molecule has 8 heteroatoms. The maximum absolute atomic E-state index is 12.6. The number of hydrogen-bond donors (Lipinski definition) is 2. The number of ether oxygens (including phenoxy) is 3. The Kier molecular flexibility index (Phi) is 8.33. The van der Waals surface area contributed by atoms with Crippen LogP contribution in [0.2, 0.25) is 0 Å². The van der Waals surface area contributed by atoms with Gasteiger partial charge in [-0.15, -0.1) is 0 Å². The molecular formula is C24H31N3O5. The summed E-state index contributed by atoms with van der Waals surface area (Å²) in [6.07, 6.45) is 1.44. The Morgan fingerprint density at radius 3 is 2.38 bits per heavy atom. The first-order valence-corrected chi connectivity index (χ1v) is 10.7. The van der Waals surface area contributed by atoms with Gasteiger partial charge in [-0.25, -0.2) is 0 Å². The first-order chi connectivity index (χ1) is 15.5. The fourth-order valence-corrected chi connectivity index (χ4v) is 3.82. The zero-order valence-corrected chi connectivity index (χ0v) is 18.8. The fourth-order valence-electron chi connectivity index (χ4n) is 3.82. The molecule has 172 valence electrons. The average molecular weight is 442 g/mol. The molecule has 0 unspecified atom stereocenters. The predicted octanol–water partition coefficient (Wildman–Crippen LogP) is 2.68. The molecule has 0 aliphatic carbocycles. The summed E-state index contributed by atoms with van der Waals surface area (Å²) in [6, 6.07) is 12.9. The van der Waals surface area contributed by atoms with Crippen molar-refractivity contribution in [2.45, 2.75) is 19.4 Å². The smallest absolute Gasteiger partial charge is 0.238 e. The van der Waals surface area contributed by atoms with Crippen LogP contribution in [0.3, 0.4) is 0 Å². The number of carbonyl (C=O) groups is 2. The van der Waals surface area contributed by atoms with E-state index in [9.17, 15) is 9.59 Å². The molecule has 0 atom stereocenters. The van der Waals surface area contributed by atoms with Gasteiger partial charge >= 0.3 is 0 Å². The Hall–Kier alpha value is -3.26. The minimum Gasteiger partial charge on any atom is -0.497 e. The summed E-state index contributed by atoms with van der Waals surface area (Å²) in [4.78, 5) is 27.2. The number of nitrogens with zero attached hydrogens (tertiary/aromatic N) is 1. The summed E-state index contributed by atoms with van der Waals surface area (Å²) in [7, 11) is 4.75. The third kappa shape index (κ3) is 6.13. The van der Waals surface area contributed by atoms with Crippen molar-refractivity contribution in [3.8, 4) is 17.2 Å². The topological polar surface area (TPSA) is 89.1 Å². The molecule has 0 radical (unpaired) electrons. The normalized spacial score (nSPS) is 14.5. The molecule has 0 bridgehead atoms. The van der Waals surface area contributed by atoms with Gasteiger partial charge in [0.2, 0.25) is 11.8 Å². The van der Waals surface area contributed by atoms with Crippen LogP contribution in [0.5, 0.6) is 17.2 Å². The number of carbonyl (C=O) groups excluding carboxylic acids is 2. The summed E-state index contributed by atoms with van der Waals surface area (Å²) in [6.45, 7) is 2.10. The van der Waals surface area contributed by atoms with Crippen LogP contribution >= 0.6 is 0 Å². The number of anilines is 1. The quantitative estimate of drug-likeness (QED) is 0.622. The first-order valence-electron chi connectivity index (χ1n) is 10.7. The van der Waals surface area contributed by atoms with Gasteiger partial charge in [-0.05, 0) is 44.1 Å². The van der Waals surface area contributed by atoms with E-state index in [0.29, 0.717) is 36.8 Å². The average Bonchev–Trinajstić information content (AvgIpc) is 2.83. The number of nitrogens with one attached hydrogen (secondary N) is 2. The Morgan fingerprint density at radius 2 is 1.69 bits per heavy atom. The SMILES string of the molecule is COc1ccc(NC(=O)CN2CCC(C(=O)NCc3ccccc3OC)CC2)c(OC)c1. The van der Waals surface area contributed by atoms with Crippen LogP contribution in [0.4, 0.5) is 5.69 Å². The van der Waals surface area contributed by atoms with E-state index in [1.807, 2.05) is 24.3 Å². The third-order valence-corrected chi connectivity index (χ3v) is 5.65. The van der Waals surface area contributed by atoms with Gasteiger partial charge in [0.05, 0.1) is 33.6 Å². The molecule has 1 aliphatic rings. The van der Waals surface area contributed by atoms with Crippen molar-refractivity contribution in [2.24, 2.45) is 5.92 Å². The van der Waals surface area contributed by atoms with Crippen molar-refractivity contribution < 1.29 is 23.8 Å². The van der Waals surface area contributed by atoms with Gasteiger partial charge in [0.15, 0.2) is 0 Å². The standard InChI is InChI=1S/C24H31N3O5/c1-30-19-8-9-20(22(14-19)32-3)26-23(28)16-27-12-10-17(11-13-27)24(29)25-15-18-6-4-5-7-21(18)31-2/h4-9,14,17H,10-13,15-16H2,1-3H3,(H,25,29)(H,26,28). The second-order valence-electron chi connectivity index (χ2n) is 7.69. The van der Waals surface area contributed by atoms with Gasteiger partial charge in [-0.1, -0.05) is 18.2 Å². The number of para-hydroxylation sites is 1. The van der Waals surface area contributed by atoms with Crippen molar-refractivity contribution in [1.82, 2.24) is 10.2 Å². The summed E-state index contributed by atoms with van der Waals surface area (Å²) < 4.78 is 15.8. The summed E-state index contributed by atoms with van der Waals surface area (Å²) in [5.41, 5.74) is 1.55. The van der Waals surface area contributed by atoms with Crippen LogP contribution in [0, 0.1) is 5.92 Å². The monoisotopic (exact) mass is 441 g/mol. The summed E-state index contributed by atoms with van der Waals surface area (Å²) in [5, 5.41) is 5.90. The predicted molar refractivity (Wildman–Crippen MR) is 122 cm³/mol. The lowest BCUT2D eigenvalue weighted by atomic mass is 9.96. The molecule has 1 saturated heterocycles. The van der Waals surface area contributed by atoms with Crippen LogP contribution in [-0.4, -0.2) is 57.7 Å². The Bertz CT molecular complexity index is 926. The van der Waals surface area contributed by atoms with Crippen molar-refractivity contribution >= 4 is 17.5 Å². The first kappa shape index (κ1) is 23.4. The Labute approximate surface area is 188 Å². The molecule has 0 saturated carbocycles. The molecule has 0 spiro atoms. The number of rotatable bonds is 9. The second kappa shape index (κ2) is 11.4. The summed E-state index contributed by atoms with van der Waals surface area (Å²) in [5.74, 6) is 1.84. The van der Waals surface area contributed by atoms with Crippen LogP contribution in [0.15, 0.2) is 42.5 Å². The number of methoxy groups -OCH3 is 3. The van der Waals surface area contributed by atoms with Crippen LogP contribution in [0.25, 0.3) is 0 Å². The fraction of sp³-hybridized carbons (Fsp3) is 0.417. The summed E-state index contributed by atoms with van der Waals surface area (Å²) >= 11 is 0. The number of benzene rings is 2. The van der Waals surface area contributed by atoms with Crippen molar-refractivity contribution in [3.05, 3.63) is 48.0 Å². The van der Waals surface area contributed by atoms with E-state index in [0.717, 1.165) is 24.2 Å². The highest BCUT2D eigenvalue weighted by atomic mass is 16.5. The lowest BCUT2D eigenvalue weighted by molar-refractivity contribution is -0.126. The highest BCUT2D eigenvalue weighted by molar-refractivity contribution is 5.93. The Balaban J connectivity index is 1.44. The third-order valence-electron chi connectivity index (χ3n) is 5.65. The number of amides is 2. The van der Waals surface area contributed by atoms with Crippen LogP contribution in [-0.2, 0) is 16.1 Å². The number of piperidine rings is 1. The number of hydrogen-bond acceptors (Lipinski definition) is 6. The van der Waals surface area contributed by atoms with E-state index in [4.69, 9.17) is 14.2 Å². The van der Waals surface area contributed by atoms with Crippen molar-refractivity contribution in [1.29, 1.82) is 0 Å². The highest BCUT2D eigenvalue weighted by Crippen LogP contribution is 2.29. The molecular weight excluding hydrogens is 410 g/mol. The largest absolute Gasteiger partial charge is 0.497 e. The van der Waals surface area contributed by atoms with E-state index >= 15 is 0 Å². The molecule has 1 aliphatic heterocycles. The van der Waals surface area contributed by atoms with Gasteiger partial charge in [0.25, 0.3) is 0 Å². The molecule has 1 heterocycles. The van der Waals surface area contributed by atoms with E-state index in [1.54, 1.807) is 39.5 Å². The van der Waals surface area contributed by atoms with Gasteiger partial charge in [-0.2, -0.15) is 0 Å². The van der Waals surface area contributed by atoms with Crippen LogP contribution < -0.4 is 24.8 Å². The minimum absolute atomic E-state index is 0.0444. The molecule has 2 N–H and O–H groups in total. The lowest BCUT2D eigenvalue weighted by Crippen LogP contribution is -2.43. The highest BCUT2D eigenvalue weighted by Gasteiger charge is 2.26. The molecule has 2 aromatic carbocycles. The molecule has 32 heavy (non-hydrogen) atoms. The van der Waals surface area contributed by atoms with Gasteiger partial charge < -0.3 is 24.8 Å². The van der Waals surface area contributed by atoms with E-state index in [1.165, 1.54) is 0 Å². The molecule has 8 nitrogen and oxygen atoms in total. The number of likely N-dealkylation sites (tertiary alicyclic amines) is 1. The Morgan fingerprint density at radius 1 is 0.969 bits per heavy atom. The maximum atomic E-state index is 12.6. The molecule has 2 amide bonds. The van der Waals surface area contributed by atoms with Crippen molar-refractivity contribution in [3.63, 3.8) is 0 Å². The van der Waals surface area contributed by atoms with Gasteiger partial charge in [-0.3, -0.25) is 14.5 Å². The van der Waals surface area contributed by atoms with E-state index in [-0.39, 0.29) is 24.3 Å². The minimum atomic E-state index is -0.118. The molecule has 2 aromatic rings. The van der Waals surface area contributed by atoms with Gasteiger partial charge in [0.1, 0.15) is 17.2 Å².